The van der Waals surface area contributed by atoms with Crippen molar-refractivity contribution in [3.8, 4) is 11.1 Å². The third-order valence-corrected chi connectivity index (χ3v) is 5.73. The van der Waals surface area contributed by atoms with E-state index in [1.165, 1.54) is 11.1 Å². The van der Waals surface area contributed by atoms with E-state index in [4.69, 9.17) is 4.74 Å². The minimum absolute atomic E-state index is 0.239. The van der Waals surface area contributed by atoms with Gasteiger partial charge in [0.1, 0.15) is 12.2 Å². The SMILES string of the molecule is Cc1cc(C)cc(-c2cccc3cc(C(=O)N[C@H]4CCO[C@H](CO)[C@H]4O)ccc23)c1. The van der Waals surface area contributed by atoms with Crippen molar-refractivity contribution in [3.63, 3.8) is 0 Å². The molecule has 1 saturated heterocycles. The molecule has 3 aromatic rings. The van der Waals surface area contributed by atoms with Crippen molar-refractivity contribution >= 4 is 16.7 Å². The lowest BCUT2D eigenvalue weighted by atomic mass is 9.94. The van der Waals surface area contributed by atoms with Crippen LogP contribution in [0.3, 0.4) is 0 Å². The fraction of sp³-hybridized carbons (Fsp3) is 0.320. The van der Waals surface area contributed by atoms with Gasteiger partial charge in [0.25, 0.3) is 5.91 Å². The zero-order valence-electron chi connectivity index (χ0n) is 17.3. The van der Waals surface area contributed by atoms with Crippen LogP contribution in [0.2, 0.25) is 0 Å². The van der Waals surface area contributed by atoms with Gasteiger partial charge in [-0.15, -0.1) is 0 Å². The number of fused-ring (bicyclic) bond motifs is 1. The number of nitrogens with one attached hydrogen (secondary N) is 1. The highest BCUT2D eigenvalue weighted by Gasteiger charge is 2.33. The second-order valence-electron chi connectivity index (χ2n) is 8.07. The van der Waals surface area contributed by atoms with Crippen LogP contribution in [0.4, 0.5) is 0 Å². The number of carbonyl (C=O) groups is 1. The van der Waals surface area contributed by atoms with E-state index >= 15 is 0 Å². The Morgan fingerprint density at radius 2 is 1.87 bits per heavy atom. The van der Waals surface area contributed by atoms with Crippen LogP contribution < -0.4 is 5.32 Å². The van der Waals surface area contributed by atoms with Crippen LogP contribution in [0, 0.1) is 13.8 Å². The quantitative estimate of drug-likeness (QED) is 0.622. The molecule has 5 nitrogen and oxygen atoms in total. The first kappa shape index (κ1) is 20.5. The number of aliphatic hydroxyl groups excluding tert-OH is 2. The van der Waals surface area contributed by atoms with Crippen LogP contribution in [0.15, 0.2) is 54.6 Å². The molecule has 0 saturated carbocycles. The first-order chi connectivity index (χ1) is 14.5. The molecule has 1 amide bonds. The van der Waals surface area contributed by atoms with E-state index in [0.717, 1.165) is 21.9 Å². The Kier molecular flexibility index (Phi) is 5.86. The predicted octanol–water partition coefficient (Wildman–Crippen LogP) is 3.36. The molecule has 4 rings (SSSR count). The Balaban J connectivity index is 1.62. The van der Waals surface area contributed by atoms with Crippen LogP contribution in [-0.4, -0.2) is 47.6 Å². The molecule has 1 heterocycles. The van der Waals surface area contributed by atoms with Gasteiger partial charge in [-0.05, 0) is 54.3 Å². The third kappa shape index (κ3) is 4.10. The number of hydrogen-bond donors (Lipinski definition) is 3. The summed E-state index contributed by atoms with van der Waals surface area (Å²) in [6, 6.07) is 17.8. The van der Waals surface area contributed by atoms with Gasteiger partial charge in [-0.2, -0.15) is 0 Å². The van der Waals surface area contributed by atoms with Crippen LogP contribution in [-0.2, 0) is 4.74 Å². The van der Waals surface area contributed by atoms with Gasteiger partial charge >= 0.3 is 0 Å². The Hall–Kier alpha value is -2.73. The lowest BCUT2D eigenvalue weighted by Crippen LogP contribution is -2.54. The maximum Gasteiger partial charge on any atom is 0.251 e. The molecule has 1 aliphatic heterocycles. The van der Waals surface area contributed by atoms with Crippen molar-refractivity contribution in [3.05, 3.63) is 71.3 Å². The molecule has 0 aliphatic carbocycles. The summed E-state index contributed by atoms with van der Waals surface area (Å²) in [7, 11) is 0. The van der Waals surface area contributed by atoms with Gasteiger partial charge in [0.15, 0.2) is 0 Å². The molecule has 0 bridgehead atoms. The Labute approximate surface area is 176 Å². The molecular weight excluding hydrogens is 378 g/mol. The van der Waals surface area contributed by atoms with Crippen molar-refractivity contribution in [1.82, 2.24) is 5.32 Å². The number of carbonyl (C=O) groups excluding carboxylic acids is 1. The molecule has 3 aromatic carbocycles. The summed E-state index contributed by atoms with van der Waals surface area (Å²) in [5, 5.41) is 24.6. The molecule has 3 N–H and O–H groups in total. The van der Waals surface area contributed by atoms with Crippen molar-refractivity contribution < 1.29 is 19.7 Å². The van der Waals surface area contributed by atoms with E-state index in [-0.39, 0.29) is 12.5 Å². The Bertz CT molecular complexity index is 1060. The molecule has 0 spiro atoms. The number of aryl methyl sites for hydroxylation is 2. The fourth-order valence-corrected chi connectivity index (χ4v) is 4.25. The van der Waals surface area contributed by atoms with E-state index in [9.17, 15) is 15.0 Å². The summed E-state index contributed by atoms with van der Waals surface area (Å²) < 4.78 is 5.34. The average Bonchev–Trinajstić information content (AvgIpc) is 2.73. The normalized spacial score (nSPS) is 21.5. The number of amides is 1. The fourth-order valence-electron chi connectivity index (χ4n) is 4.25. The van der Waals surface area contributed by atoms with E-state index in [1.54, 1.807) is 0 Å². The highest BCUT2D eigenvalue weighted by molar-refractivity contribution is 6.02. The van der Waals surface area contributed by atoms with Gasteiger partial charge in [0, 0.05) is 12.2 Å². The van der Waals surface area contributed by atoms with Crippen LogP contribution in [0.5, 0.6) is 0 Å². The summed E-state index contributed by atoms with van der Waals surface area (Å²) >= 11 is 0. The van der Waals surface area contributed by atoms with Gasteiger partial charge < -0.3 is 20.3 Å². The van der Waals surface area contributed by atoms with Crippen LogP contribution >= 0.6 is 0 Å². The molecular formula is C25H27NO4. The lowest BCUT2D eigenvalue weighted by molar-refractivity contribution is -0.107. The van der Waals surface area contributed by atoms with Crippen molar-refractivity contribution in [1.29, 1.82) is 0 Å². The third-order valence-electron chi connectivity index (χ3n) is 5.73. The van der Waals surface area contributed by atoms with Gasteiger partial charge in [0.05, 0.1) is 12.6 Å². The molecule has 156 valence electrons. The summed E-state index contributed by atoms with van der Waals surface area (Å²) in [5.74, 6) is -0.239. The minimum Gasteiger partial charge on any atom is -0.394 e. The largest absolute Gasteiger partial charge is 0.394 e. The average molecular weight is 405 g/mol. The van der Waals surface area contributed by atoms with Crippen molar-refractivity contribution in [2.45, 2.75) is 38.5 Å². The lowest BCUT2D eigenvalue weighted by Gasteiger charge is -2.34. The number of benzene rings is 3. The van der Waals surface area contributed by atoms with Gasteiger partial charge in [-0.25, -0.2) is 0 Å². The maximum atomic E-state index is 12.8. The summed E-state index contributed by atoms with van der Waals surface area (Å²) in [4.78, 5) is 12.8. The molecule has 1 aliphatic rings. The van der Waals surface area contributed by atoms with Crippen molar-refractivity contribution in [2.24, 2.45) is 0 Å². The van der Waals surface area contributed by atoms with Crippen molar-refractivity contribution in [2.75, 3.05) is 13.2 Å². The highest BCUT2D eigenvalue weighted by Crippen LogP contribution is 2.30. The number of ether oxygens (including phenoxy) is 1. The standard InChI is InChI=1S/C25H27NO4/c1-15-10-16(2)12-19(11-15)20-5-3-4-17-13-18(6-7-21(17)20)25(29)26-22-8-9-30-23(14-27)24(22)28/h3-7,10-13,22-24,27-28H,8-9,14H2,1-2H3,(H,26,29)/t22-,23+,24-/m0/s1. The zero-order chi connectivity index (χ0) is 21.3. The number of rotatable bonds is 4. The number of aliphatic hydroxyl groups is 2. The number of hydrogen-bond acceptors (Lipinski definition) is 4. The van der Waals surface area contributed by atoms with E-state index in [1.807, 2.05) is 30.3 Å². The smallest absolute Gasteiger partial charge is 0.251 e. The predicted molar refractivity (Wildman–Crippen MR) is 118 cm³/mol. The first-order valence-corrected chi connectivity index (χ1v) is 10.3. The maximum absolute atomic E-state index is 12.8. The van der Waals surface area contributed by atoms with E-state index < -0.39 is 18.2 Å². The van der Waals surface area contributed by atoms with Crippen LogP contribution in [0.25, 0.3) is 21.9 Å². The van der Waals surface area contributed by atoms with Gasteiger partial charge in [-0.1, -0.05) is 53.6 Å². The molecule has 30 heavy (non-hydrogen) atoms. The molecule has 0 aromatic heterocycles. The first-order valence-electron chi connectivity index (χ1n) is 10.3. The van der Waals surface area contributed by atoms with Gasteiger partial charge in [-0.3, -0.25) is 4.79 Å². The molecule has 3 atom stereocenters. The summed E-state index contributed by atoms with van der Waals surface area (Å²) in [5.41, 5.74) is 5.27. The van der Waals surface area contributed by atoms with E-state index in [2.05, 4.69) is 43.4 Å². The second-order valence-corrected chi connectivity index (χ2v) is 8.07. The topological polar surface area (TPSA) is 78.8 Å². The Morgan fingerprint density at radius 1 is 1.10 bits per heavy atom. The highest BCUT2D eigenvalue weighted by atomic mass is 16.5. The summed E-state index contributed by atoms with van der Waals surface area (Å²) in [6.07, 6.45) is -1.08. The van der Waals surface area contributed by atoms with Crippen LogP contribution in [0.1, 0.15) is 27.9 Å². The monoisotopic (exact) mass is 405 g/mol. The Morgan fingerprint density at radius 3 is 2.60 bits per heavy atom. The minimum atomic E-state index is -0.927. The van der Waals surface area contributed by atoms with E-state index in [0.29, 0.717) is 18.6 Å². The molecule has 5 heteroatoms. The van der Waals surface area contributed by atoms with Gasteiger partial charge in [0.2, 0.25) is 0 Å². The molecule has 0 radical (unpaired) electrons. The zero-order valence-corrected chi connectivity index (χ0v) is 17.3. The molecule has 1 fully saturated rings. The second kappa shape index (κ2) is 8.56. The molecule has 0 unspecified atom stereocenters. The summed E-state index contributed by atoms with van der Waals surface area (Å²) in [6.45, 7) is 4.31.